The fourth-order valence-corrected chi connectivity index (χ4v) is 11.4. The van der Waals surface area contributed by atoms with Gasteiger partial charge in [-0.2, -0.15) is 5.06 Å². The van der Waals surface area contributed by atoms with E-state index in [9.17, 15) is 19.8 Å². The maximum absolute atomic E-state index is 14.2. The number of carbonyl (C=O) groups excluding carboxylic acids is 2. The number of amides is 2. The standard InChI is InChI=1S/C36H63BrN4O6/c1-20-28-16-25(36(28,3)4)17-29(20)39-35(45)32-31(21(2)43)30(19-42)47-41(32)18-22-9-8-10-27(33(22)46-7)23-13-24(15-26(37)14-23)34(44)38-11-12-40(5)6/h20-33,42-43H,8-19H2,1-7H3,(H,38,44)(H,39,45)/t20-,21?,22?,23?,24?,25+,26?,27?,28-,29-,30-,31?,32-,33?/m0/s1. The number of rotatable bonds is 12. The Morgan fingerprint density at radius 3 is 2.49 bits per heavy atom. The predicted octanol–water partition coefficient (Wildman–Crippen LogP) is 3.44. The fraction of sp³-hybridized carbons (Fsp3) is 0.944. The van der Waals surface area contributed by atoms with Gasteiger partial charge in [-0.25, -0.2) is 0 Å². The predicted molar refractivity (Wildman–Crippen MR) is 185 cm³/mol. The van der Waals surface area contributed by atoms with E-state index in [0.717, 1.165) is 51.5 Å². The molecule has 1 aliphatic heterocycles. The van der Waals surface area contributed by atoms with Crippen LogP contribution >= 0.6 is 15.9 Å². The molecular formula is C36H63BrN4O6. The normalized spacial score (nSPS) is 42.5. The number of aliphatic hydroxyl groups is 2. The van der Waals surface area contributed by atoms with Crippen LogP contribution in [0.2, 0.25) is 0 Å². The third kappa shape index (κ3) is 7.91. The van der Waals surface area contributed by atoms with Crippen molar-refractivity contribution in [3.05, 3.63) is 0 Å². The number of carbonyl (C=O) groups is 2. The van der Waals surface area contributed by atoms with Crippen LogP contribution in [0.3, 0.4) is 0 Å². The maximum atomic E-state index is 14.2. The molecule has 14 atom stereocenters. The lowest BCUT2D eigenvalue weighted by molar-refractivity contribution is -0.193. The number of hydroxylamine groups is 2. The molecule has 6 fully saturated rings. The lowest BCUT2D eigenvalue weighted by atomic mass is 9.45. The molecule has 1 saturated heterocycles. The van der Waals surface area contributed by atoms with E-state index >= 15 is 0 Å². The SMILES string of the molecule is COC1C(CN2O[C@@H](CO)C(C(C)O)[C@H]2C(=O)N[C@H]2C[C@H]3C[C@@H]([C@@H]2C)C3(C)C)CCCC1C1CC(Br)CC(C(=O)NCCN(C)C)C1. The van der Waals surface area contributed by atoms with E-state index in [4.69, 9.17) is 9.57 Å². The summed E-state index contributed by atoms with van der Waals surface area (Å²) in [4.78, 5) is 36.1. The van der Waals surface area contributed by atoms with E-state index < -0.39 is 24.2 Å². The molecule has 11 heteroatoms. The summed E-state index contributed by atoms with van der Waals surface area (Å²) >= 11 is 3.89. The van der Waals surface area contributed by atoms with Crippen molar-refractivity contribution in [3.63, 3.8) is 0 Å². The van der Waals surface area contributed by atoms with Crippen LogP contribution in [-0.4, -0.2) is 115 Å². The molecule has 0 spiro atoms. The van der Waals surface area contributed by atoms with Crippen molar-refractivity contribution in [1.82, 2.24) is 20.6 Å². The van der Waals surface area contributed by atoms with Crippen molar-refractivity contribution in [3.8, 4) is 0 Å². The van der Waals surface area contributed by atoms with Crippen LogP contribution in [0.25, 0.3) is 0 Å². The first-order valence-corrected chi connectivity index (χ1v) is 19.3. The molecule has 6 rings (SSSR count). The molecule has 6 aliphatic rings. The van der Waals surface area contributed by atoms with E-state index in [0.29, 0.717) is 48.1 Å². The number of aliphatic hydroxyl groups excluding tert-OH is 2. The summed E-state index contributed by atoms with van der Waals surface area (Å²) in [6, 6.07) is -0.591. The molecule has 5 saturated carbocycles. The summed E-state index contributed by atoms with van der Waals surface area (Å²) in [5.41, 5.74) is 0.322. The molecule has 0 radical (unpaired) electrons. The van der Waals surface area contributed by atoms with Gasteiger partial charge in [-0.15, -0.1) is 0 Å². The zero-order chi connectivity index (χ0) is 34.2. The molecule has 10 nitrogen and oxygen atoms in total. The summed E-state index contributed by atoms with van der Waals surface area (Å²) in [6.07, 6.45) is 6.46. The number of alkyl halides is 1. The average molecular weight is 728 g/mol. The van der Waals surface area contributed by atoms with Gasteiger partial charge in [-0.3, -0.25) is 14.4 Å². The van der Waals surface area contributed by atoms with Gasteiger partial charge in [0.25, 0.3) is 0 Å². The van der Waals surface area contributed by atoms with Crippen molar-refractivity contribution >= 4 is 27.7 Å². The van der Waals surface area contributed by atoms with Gasteiger partial charge < -0.3 is 30.5 Å². The van der Waals surface area contributed by atoms with Gasteiger partial charge in [-0.1, -0.05) is 43.1 Å². The highest BCUT2D eigenvalue weighted by atomic mass is 79.9. The van der Waals surface area contributed by atoms with Crippen molar-refractivity contribution in [1.29, 1.82) is 0 Å². The highest BCUT2D eigenvalue weighted by Crippen LogP contribution is 2.61. The first-order chi connectivity index (χ1) is 22.3. The quantitative estimate of drug-likeness (QED) is 0.226. The minimum atomic E-state index is -0.819. The molecule has 4 N–H and O–H groups in total. The molecule has 0 aromatic heterocycles. The summed E-state index contributed by atoms with van der Waals surface area (Å²) in [6.45, 7) is 10.4. The van der Waals surface area contributed by atoms with Gasteiger partial charge in [0, 0.05) is 55.4 Å². The average Bonchev–Trinajstić information content (AvgIpc) is 3.39. The molecular weight excluding hydrogens is 664 g/mol. The number of hydrogen-bond acceptors (Lipinski definition) is 8. The Morgan fingerprint density at radius 2 is 1.87 bits per heavy atom. The van der Waals surface area contributed by atoms with Gasteiger partial charge in [0.05, 0.1) is 18.8 Å². The van der Waals surface area contributed by atoms with E-state index in [2.05, 4.69) is 52.2 Å². The lowest BCUT2D eigenvalue weighted by Gasteiger charge is -2.62. The van der Waals surface area contributed by atoms with E-state index in [1.165, 1.54) is 6.42 Å². The van der Waals surface area contributed by atoms with Gasteiger partial charge in [0.2, 0.25) is 11.8 Å². The summed E-state index contributed by atoms with van der Waals surface area (Å²) in [5, 5.41) is 29.5. The Hall–Kier alpha value is -0.820. The van der Waals surface area contributed by atoms with Crippen molar-refractivity contribution in [2.75, 3.05) is 47.4 Å². The topological polar surface area (TPSA) is 124 Å². The minimum absolute atomic E-state index is 0.0240. The second-order valence-electron chi connectivity index (χ2n) is 16.7. The minimum Gasteiger partial charge on any atom is -0.394 e. The van der Waals surface area contributed by atoms with Crippen LogP contribution in [0.1, 0.15) is 79.1 Å². The molecule has 270 valence electrons. The highest BCUT2D eigenvalue weighted by molar-refractivity contribution is 9.09. The second kappa shape index (κ2) is 15.6. The number of ether oxygens (including phenoxy) is 1. The zero-order valence-corrected chi connectivity index (χ0v) is 31.5. The Kier molecular flexibility index (Phi) is 12.4. The second-order valence-corrected chi connectivity index (χ2v) is 18.0. The molecule has 0 aromatic rings. The van der Waals surface area contributed by atoms with Crippen LogP contribution in [0.15, 0.2) is 0 Å². The Bertz CT molecular complexity index is 1080. The van der Waals surface area contributed by atoms with Crippen molar-refractivity contribution in [2.24, 2.45) is 52.8 Å². The maximum Gasteiger partial charge on any atom is 0.240 e. The number of hydrogen-bond donors (Lipinski definition) is 4. The number of methoxy groups -OCH3 is 1. The van der Waals surface area contributed by atoms with Crippen LogP contribution in [0.5, 0.6) is 0 Å². The fourth-order valence-electron chi connectivity index (χ4n) is 10.5. The Labute approximate surface area is 291 Å². The third-order valence-corrected chi connectivity index (χ3v) is 14.0. The Morgan fingerprint density at radius 1 is 1.13 bits per heavy atom. The number of likely N-dealkylation sites (N-methyl/N-ethyl adjacent to an activating group) is 1. The first kappa shape index (κ1) is 37.4. The number of halogens is 1. The van der Waals surface area contributed by atoms with Crippen LogP contribution in [0.4, 0.5) is 0 Å². The molecule has 2 amide bonds. The largest absolute Gasteiger partial charge is 0.394 e. The molecule has 47 heavy (non-hydrogen) atoms. The van der Waals surface area contributed by atoms with Gasteiger partial charge in [0.1, 0.15) is 12.1 Å². The van der Waals surface area contributed by atoms with Gasteiger partial charge in [-0.05, 0) is 101 Å². The van der Waals surface area contributed by atoms with E-state index in [1.807, 2.05) is 14.1 Å². The van der Waals surface area contributed by atoms with Gasteiger partial charge in [0.15, 0.2) is 0 Å². The van der Waals surface area contributed by atoms with Crippen LogP contribution < -0.4 is 10.6 Å². The molecule has 8 unspecified atom stereocenters. The van der Waals surface area contributed by atoms with E-state index in [-0.39, 0.29) is 47.2 Å². The van der Waals surface area contributed by atoms with Crippen LogP contribution in [-0.2, 0) is 19.2 Å². The monoisotopic (exact) mass is 726 g/mol. The molecule has 5 aliphatic carbocycles. The smallest absolute Gasteiger partial charge is 0.240 e. The molecule has 2 bridgehead atoms. The first-order valence-electron chi connectivity index (χ1n) is 18.4. The molecule has 0 aromatic carbocycles. The Balaban J connectivity index is 1.28. The van der Waals surface area contributed by atoms with Gasteiger partial charge >= 0.3 is 0 Å². The summed E-state index contributed by atoms with van der Waals surface area (Å²) in [7, 11) is 5.81. The number of nitrogens with one attached hydrogen (secondary N) is 2. The van der Waals surface area contributed by atoms with E-state index in [1.54, 1.807) is 19.1 Å². The summed E-state index contributed by atoms with van der Waals surface area (Å²) < 4.78 is 6.29. The molecule has 1 heterocycles. The third-order valence-electron chi connectivity index (χ3n) is 13.3. The highest BCUT2D eigenvalue weighted by Gasteiger charge is 2.58. The summed E-state index contributed by atoms with van der Waals surface area (Å²) in [5.74, 6) is 1.85. The zero-order valence-electron chi connectivity index (χ0n) is 29.9. The number of fused-ring (bicyclic) bond motifs is 2. The van der Waals surface area contributed by atoms with Crippen molar-refractivity contribution < 1.29 is 29.4 Å². The van der Waals surface area contributed by atoms with Crippen molar-refractivity contribution in [2.45, 2.75) is 114 Å². The lowest BCUT2D eigenvalue weighted by Crippen LogP contribution is -2.62. The van der Waals surface area contributed by atoms with Crippen LogP contribution in [0, 0.1) is 52.8 Å². The number of nitrogens with zero attached hydrogens (tertiary/aromatic N) is 2.